The zero-order chi connectivity index (χ0) is 26.6. The molecule has 0 aliphatic carbocycles. The van der Waals surface area contributed by atoms with E-state index in [4.69, 9.17) is 9.72 Å². The van der Waals surface area contributed by atoms with E-state index in [-0.39, 0.29) is 17.2 Å². The van der Waals surface area contributed by atoms with Crippen molar-refractivity contribution in [1.82, 2.24) is 14.6 Å². The maximum absolute atomic E-state index is 13.6. The summed E-state index contributed by atoms with van der Waals surface area (Å²) in [7, 11) is 0. The van der Waals surface area contributed by atoms with Crippen molar-refractivity contribution in [2.75, 3.05) is 37.0 Å². The molecule has 0 saturated heterocycles. The summed E-state index contributed by atoms with van der Waals surface area (Å²) in [6, 6.07) is 13.9. The van der Waals surface area contributed by atoms with Crippen LogP contribution >= 0.6 is 0 Å². The van der Waals surface area contributed by atoms with E-state index in [0.717, 1.165) is 30.5 Å². The predicted octanol–water partition coefficient (Wildman–Crippen LogP) is 4.84. The quantitative estimate of drug-likeness (QED) is 0.406. The highest BCUT2D eigenvalue weighted by Crippen LogP contribution is 2.28. The van der Waals surface area contributed by atoms with Crippen LogP contribution in [0.1, 0.15) is 54.8 Å². The summed E-state index contributed by atoms with van der Waals surface area (Å²) in [6.07, 6.45) is 0.658. The number of aromatic nitrogens is 2. The van der Waals surface area contributed by atoms with Crippen LogP contribution in [0.25, 0.3) is 0 Å². The molecule has 1 aromatic heterocycles. The largest absolute Gasteiger partial charge is 0.492 e. The third kappa shape index (κ3) is 6.46. The highest BCUT2D eigenvalue weighted by molar-refractivity contribution is 5.38. The minimum absolute atomic E-state index is 0.0336. The Bertz CT molecular complexity index is 1250. The van der Waals surface area contributed by atoms with Crippen molar-refractivity contribution in [1.29, 1.82) is 0 Å². The fourth-order valence-corrected chi connectivity index (χ4v) is 4.39. The van der Waals surface area contributed by atoms with Gasteiger partial charge in [-0.2, -0.15) is 4.68 Å². The van der Waals surface area contributed by atoms with Crippen LogP contribution in [0.5, 0.6) is 5.75 Å². The molecule has 2 N–H and O–H groups in total. The molecular weight excluding hydrogens is 476 g/mol. The van der Waals surface area contributed by atoms with Crippen molar-refractivity contribution in [3.05, 3.63) is 86.8 Å². The van der Waals surface area contributed by atoms with Crippen molar-refractivity contribution in [3.63, 3.8) is 0 Å². The van der Waals surface area contributed by atoms with E-state index in [1.165, 1.54) is 22.4 Å². The van der Waals surface area contributed by atoms with Gasteiger partial charge in [0, 0.05) is 45.1 Å². The van der Waals surface area contributed by atoms with Crippen LogP contribution in [0.3, 0.4) is 0 Å². The van der Waals surface area contributed by atoms with Crippen LogP contribution in [-0.2, 0) is 18.9 Å². The van der Waals surface area contributed by atoms with Gasteiger partial charge >= 0.3 is 0 Å². The van der Waals surface area contributed by atoms with Crippen LogP contribution in [0.2, 0.25) is 0 Å². The number of anilines is 1. The molecule has 0 saturated carbocycles. The van der Waals surface area contributed by atoms with E-state index in [0.29, 0.717) is 44.2 Å². The molecule has 0 amide bonds. The molecule has 1 atom stereocenters. The van der Waals surface area contributed by atoms with Crippen LogP contribution in [0.4, 0.5) is 14.7 Å². The SMILES string of the molecule is CCNn1c(N[C@@H](C)c2ccc(C(C)(F)F)cc2)nc2c(c1=O)CN(CCOc1ccc(C)cc1)CC2. The molecule has 0 spiro atoms. The van der Waals surface area contributed by atoms with Gasteiger partial charge in [0.15, 0.2) is 0 Å². The summed E-state index contributed by atoms with van der Waals surface area (Å²) in [6.45, 7) is 9.82. The third-order valence-electron chi connectivity index (χ3n) is 6.59. The Morgan fingerprint density at radius 2 is 1.84 bits per heavy atom. The Labute approximate surface area is 216 Å². The molecule has 0 unspecified atom stereocenters. The van der Waals surface area contributed by atoms with Gasteiger partial charge in [-0.1, -0.05) is 42.0 Å². The van der Waals surface area contributed by atoms with Gasteiger partial charge < -0.3 is 15.5 Å². The predicted molar refractivity (Wildman–Crippen MR) is 142 cm³/mol. The van der Waals surface area contributed by atoms with Gasteiger partial charge in [0.05, 0.1) is 17.3 Å². The maximum Gasteiger partial charge on any atom is 0.278 e. The van der Waals surface area contributed by atoms with Crippen molar-refractivity contribution in [3.8, 4) is 5.75 Å². The van der Waals surface area contributed by atoms with Crippen molar-refractivity contribution in [2.45, 2.75) is 52.6 Å². The minimum Gasteiger partial charge on any atom is -0.492 e. The van der Waals surface area contributed by atoms with Gasteiger partial charge in [-0.3, -0.25) is 9.69 Å². The number of rotatable bonds is 10. The lowest BCUT2D eigenvalue weighted by Crippen LogP contribution is -2.42. The zero-order valence-electron chi connectivity index (χ0n) is 21.9. The number of aryl methyl sites for hydroxylation is 1. The fraction of sp³-hybridized carbons (Fsp3) is 0.429. The number of nitrogens with one attached hydrogen (secondary N) is 2. The van der Waals surface area contributed by atoms with Gasteiger partial charge in [0.1, 0.15) is 12.4 Å². The summed E-state index contributed by atoms with van der Waals surface area (Å²) in [5.74, 6) is -1.64. The van der Waals surface area contributed by atoms with Crippen molar-refractivity contribution in [2.24, 2.45) is 0 Å². The monoisotopic (exact) mass is 511 g/mol. The van der Waals surface area contributed by atoms with Gasteiger partial charge in [-0.25, -0.2) is 13.8 Å². The van der Waals surface area contributed by atoms with Crippen molar-refractivity contribution >= 4 is 5.95 Å². The summed E-state index contributed by atoms with van der Waals surface area (Å²) < 4.78 is 34.5. The number of alkyl halides is 2. The number of halogens is 2. The molecular formula is C28H35F2N5O2. The van der Waals surface area contributed by atoms with Crippen molar-refractivity contribution < 1.29 is 13.5 Å². The lowest BCUT2D eigenvalue weighted by Gasteiger charge is -2.29. The lowest BCUT2D eigenvalue weighted by atomic mass is 10.0. The maximum atomic E-state index is 13.6. The number of ether oxygens (including phenoxy) is 1. The molecule has 2 heterocycles. The number of fused-ring (bicyclic) bond motifs is 1. The second-order valence-electron chi connectivity index (χ2n) is 9.58. The standard InChI is InChI=1S/C28H35F2N5O2/c1-5-31-35-26(36)24-18-34(16-17-37-23-12-6-19(2)7-13-23)15-14-25(24)33-27(35)32-20(3)21-8-10-22(11-9-21)28(4,29)30/h6-13,20,31H,5,14-18H2,1-4H3,(H,32,33)/t20-/m0/s1. The number of nitrogens with zero attached hydrogens (tertiary/aromatic N) is 3. The molecule has 7 nitrogen and oxygen atoms in total. The second kappa shape index (κ2) is 11.3. The Morgan fingerprint density at radius 3 is 2.49 bits per heavy atom. The Balaban J connectivity index is 1.46. The van der Waals surface area contributed by atoms with E-state index in [9.17, 15) is 13.6 Å². The average molecular weight is 512 g/mol. The molecule has 2 aromatic carbocycles. The summed E-state index contributed by atoms with van der Waals surface area (Å²) in [4.78, 5) is 20.5. The first-order valence-corrected chi connectivity index (χ1v) is 12.7. The van der Waals surface area contributed by atoms with Gasteiger partial charge in [-0.05, 0) is 38.5 Å². The van der Waals surface area contributed by atoms with Crippen LogP contribution in [-0.4, -0.2) is 40.8 Å². The highest BCUT2D eigenvalue weighted by atomic mass is 19.3. The molecule has 0 bridgehead atoms. The molecule has 198 valence electrons. The van der Waals surface area contributed by atoms with E-state index in [2.05, 4.69) is 15.6 Å². The van der Waals surface area contributed by atoms with Gasteiger partial charge in [0.25, 0.3) is 11.5 Å². The van der Waals surface area contributed by atoms with Gasteiger partial charge in [-0.15, -0.1) is 0 Å². The summed E-state index contributed by atoms with van der Waals surface area (Å²) in [5, 5.41) is 3.30. The molecule has 0 radical (unpaired) electrons. The first-order chi connectivity index (χ1) is 17.7. The summed E-state index contributed by atoms with van der Waals surface area (Å²) in [5.41, 5.74) is 6.40. The molecule has 1 aliphatic rings. The molecule has 1 aliphatic heterocycles. The molecule has 37 heavy (non-hydrogen) atoms. The lowest BCUT2D eigenvalue weighted by molar-refractivity contribution is 0.0174. The fourth-order valence-electron chi connectivity index (χ4n) is 4.39. The van der Waals surface area contributed by atoms with E-state index in [1.54, 1.807) is 12.1 Å². The van der Waals surface area contributed by atoms with Crippen LogP contribution in [0, 0.1) is 6.92 Å². The zero-order valence-corrected chi connectivity index (χ0v) is 21.9. The van der Waals surface area contributed by atoms with Crippen LogP contribution in [0.15, 0.2) is 53.3 Å². The number of hydrogen-bond acceptors (Lipinski definition) is 6. The van der Waals surface area contributed by atoms with E-state index in [1.807, 2.05) is 45.0 Å². The second-order valence-corrected chi connectivity index (χ2v) is 9.58. The molecule has 3 aromatic rings. The van der Waals surface area contributed by atoms with Crippen LogP contribution < -0.4 is 21.0 Å². The Kier molecular flexibility index (Phi) is 8.12. The minimum atomic E-state index is -2.89. The third-order valence-corrected chi connectivity index (χ3v) is 6.59. The first-order valence-electron chi connectivity index (χ1n) is 12.7. The average Bonchev–Trinajstić information content (AvgIpc) is 2.87. The van der Waals surface area contributed by atoms with Gasteiger partial charge in [0.2, 0.25) is 5.95 Å². The number of hydrogen-bond donors (Lipinski definition) is 2. The Morgan fingerprint density at radius 1 is 1.14 bits per heavy atom. The first kappa shape index (κ1) is 26.6. The topological polar surface area (TPSA) is 71.4 Å². The smallest absolute Gasteiger partial charge is 0.278 e. The molecule has 0 fully saturated rings. The molecule has 4 rings (SSSR count). The van der Waals surface area contributed by atoms with E-state index >= 15 is 0 Å². The highest BCUT2D eigenvalue weighted by Gasteiger charge is 2.26. The molecule has 9 heteroatoms. The Hall–Kier alpha value is -3.46. The summed E-state index contributed by atoms with van der Waals surface area (Å²) >= 11 is 0. The van der Waals surface area contributed by atoms with E-state index < -0.39 is 5.92 Å². The number of benzene rings is 2. The normalized spacial score (nSPS) is 14.6.